The Morgan fingerprint density at radius 3 is 2.93 bits per heavy atom. The van der Waals surface area contributed by atoms with Crippen LogP contribution in [0.5, 0.6) is 5.19 Å². The number of aryl methyl sites for hydroxylation is 1. The molecule has 0 N–H and O–H groups in total. The number of hydrogen-bond donors (Lipinski definition) is 0. The van der Waals surface area contributed by atoms with E-state index in [1.807, 2.05) is 6.92 Å². The van der Waals surface area contributed by atoms with Crippen LogP contribution >= 0.6 is 11.3 Å². The monoisotopic (exact) mass is 223 g/mol. The number of aromatic nitrogens is 1. The van der Waals surface area contributed by atoms with Crippen LogP contribution in [0.15, 0.2) is 22.1 Å². The zero-order valence-electron chi connectivity index (χ0n) is 8.31. The van der Waals surface area contributed by atoms with Crippen molar-refractivity contribution < 1.29 is 13.9 Å². The number of carbonyl (C=O) groups is 1. The standard InChI is InChI=1S/C10H9NO3S/c1-6-3-4-14-9(6)8(12)7-5-15-10(11-7)13-2/h3-5H,1-2H3. The molecular formula is C10H9NO3S. The van der Waals surface area contributed by atoms with Gasteiger partial charge in [0.25, 0.3) is 5.19 Å². The van der Waals surface area contributed by atoms with Gasteiger partial charge in [-0.2, -0.15) is 4.98 Å². The molecule has 0 unspecified atom stereocenters. The summed E-state index contributed by atoms with van der Waals surface area (Å²) in [5, 5.41) is 2.13. The molecular weight excluding hydrogens is 214 g/mol. The number of nitrogens with zero attached hydrogens (tertiary/aromatic N) is 1. The lowest BCUT2D eigenvalue weighted by molar-refractivity contribution is 0.100. The quantitative estimate of drug-likeness (QED) is 0.749. The molecule has 2 aromatic rings. The fourth-order valence-corrected chi connectivity index (χ4v) is 1.80. The second-order valence-electron chi connectivity index (χ2n) is 2.96. The minimum absolute atomic E-state index is 0.211. The average Bonchev–Trinajstić information content (AvgIpc) is 2.84. The number of rotatable bonds is 3. The van der Waals surface area contributed by atoms with Crippen molar-refractivity contribution in [1.82, 2.24) is 4.98 Å². The predicted molar refractivity (Wildman–Crippen MR) is 55.5 cm³/mol. The second-order valence-corrected chi connectivity index (χ2v) is 3.79. The lowest BCUT2D eigenvalue weighted by Gasteiger charge is -1.93. The molecule has 15 heavy (non-hydrogen) atoms. The Morgan fingerprint density at radius 2 is 2.40 bits per heavy atom. The molecule has 0 radical (unpaired) electrons. The van der Waals surface area contributed by atoms with Gasteiger partial charge in [-0.05, 0) is 18.6 Å². The number of methoxy groups -OCH3 is 1. The molecule has 0 fully saturated rings. The van der Waals surface area contributed by atoms with E-state index in [2.05, 4.69) is 4.98 Å². The van der Waals surface area contributed by atoms with E-state index in [-0.39, 0.29) is 5.78 Å². The highest BCUT2D eigenvalue weighted by molar-refractivity contribution is 7.11. The van der Waals surface area contributed by atoms with E-state index in [1.54, 1.807) is 11.4 Å². The van der Waals surface area contributed by atoms with Crippen molar-refractivity contribution >= 4 is 17.1 Å². The minimum Gasteiger partial charge on any atom is -0.473 e. The van der Waals surface area contributed by atoms with E-state index in [0.717, 1.165) is 5.56 Å². The SMILES string of the molecule is COc1nc(C(=O)c2occc2C)cs1. The van der Waals surface area contributed by atoms with Crippen molar-refractivity contribution in [2.45, 2.75) is 6.92 Å². The van der Waals surface area contributed by atoms with Crippen LogP contribution < -0.4 is 4.74 Å². The molecule has 0 aliphatic rings. The Bertz CT molecular complexity index is 486. The first-order chi connectivity index (χ1) is 7.22. The Kier molecular flexibility index (Phi) is 2.55. The summed E-state index contributed by atoms with van der Waals surface area (Å²) in [6.07, 6.45) is 1.49. The van der Waals surface area contributed by atoms with Gasteiger partial charge in [-0.1, -0.05) is 11.3 Å². The molecule has 0 bridgehead atoms. The van der Waals surface area contributed by atoms with Gasteiger partial charge in [0.05, 0.1) is 13.4 Å². The van der Waals surface area contributed by atoms with E-state index in [4.69, 9.17) is 9.15 Å². The third-order valence-corrected chi connectivity index (χ3v) is 2.76. The number of ketones is 1. The third kappa shape index (κ3) is 1.78. The minimum atomic E-state index is -0.211. The van der Waals surface area contributed by atoms with Gasteiger partial charge in [0.15, 0.2) is 5.76 Å². The fourth-order valence-electron chi connectivity index (χ4n) is 1.18. The van der Waals surface area contributed by atoms with Gasteiger partial charge >= 0.3 is 0 Å². The second kappa shape index (κ2) is 3.86. The molecule has 0 aliphatic carbocycles. The maximum Gasteiger partial charge on any atom is 0.273 e. The summed E-state index contributed by atoms with van der Waals surface area (Å²) < 4.78 is 10.0. The van der Waals surface area contributed by atoms with Crippen LogP contribution in [0, 0.1) is 6.92 Å². The largest absolute Gasteiger partial charge is 0.473 e. The summed E-state index contributed by atoms with van der Waals surface area (Å²) in [6, 6.07) is 1.75. The van der Waals surface area contributed by atoms with E-state index in [0.29, 0.717) is 16.6 Å². The summed E-state index contributed by atoms with van der Waals surface area (Å²) in [5.74, 6) is 0.125. The summed E-state index contributed by atoms with van der Waals surface area (Å²) in [6.45, 7) is 1.82. The van der Waals surface area contributed by atoms with Crippen molar-refractivity contribution in [1.29, 1.82) is 0 Å². The van der Waals surface area contributed by atoms with Gasteiger partial charge in [-0.3, -0.25) is 4.79 Å². The summed E-state index contributed by atoms with van der Waals surface area (Å²) in [5.41, 5.74) is 1.17. The number of hydrogen-bond acceptors (Lipinski definition) is 5. The topological polar surface area (TPSA) is 52.3 Å². The molecule has 78 valence electrons. The van der Waals surface area contributed by atoms with Crippen LogP contribution in [-0.2, 0) is 0 Å². The highest BCUT2D eigenvalue weighted by atomic mass is 32.1. The zero-order chi connectivity index (χ0) is 10.8. The third-order valence-electron chi connectivity index (χ3n) is 1.96. The first-order valence-electron chi connectivity index (χ1n) is 4.30. The highest BCUT2D eigenvalue weighted by Gasteiger charge is 2.18. The lowest BCUT2D eigenvalue weighted by atomic mass is 10.2. The number of thiazole rings is 1. The van der Waals surface area contributed by atoms with Crippen LogP contribution in [0.4, 0.5) is 0 Å². The molecule has 4 nitrogen and oxygen atoms in total. The van der Waals surface area contributed by atoms with E-state index in [1.165, 1.54) is 24.7 Å². The molecule has 2 rings (SSSR count). The maximum atomic E-state index is 11.9. The number of ether oxygens (including phenoxy) is 1. The molecule has 0 amide bonds. The smallest absolute Gasteiger partial charge is 0.273 e. The van der Waals surface area contributed by atoms with E-state index >= 15 is 0 Å². The highest BCUT2D eigenvalue weighted by Crippen LogP contribution is 2.21. The lowest BCUT2D eigenvalue weighted by Crippen LogP contribution is -2.01. The summed E-state index contributed by atoms with van der Waals surface area (Å²) >= 11 is 1.29. The normalized spacial score (nSPS) is 10.3. The average molecular weight is 223 g/mol. The molecule has 5 heteroatoms. The summed E-state index contributed by atoms with van der Waals surface area (Å²) in [7, 11) is 1.52. The van der Waals surface area contributed by atoms with Gasteiger partial charge in [-0.25, -0.2) is 0 Å². The Balaban J connectivity index is 2.32. The Labute approximate surface area is 90.5 Å². The molecule has 0 aromatic carbocycles. The maximum absolute atomic E-state index is 11.9. The van der Waals surface area contributed by atoms with Crippen LogP contribution in [0.2, 0.25) is 0 Å². The van der Waals surface area contributed by atoms with Crippen molar-refractivity contribution in [3.05, 3.63) is 34.7 Å². The van der Waals surface area contributed by atoms with Crippen LogP contribution in [0.25, 0.3) is 0 Å². The van der Waals surface area contributed by atoms with Gasteiger partial charge in [-0.15, -0.1) is 0 Å². The molecule has 0 aliphatic heterocycles. The summed E-state index contributed by atoms with van der Waals surface area (Å²) in [4.78, 5) is 15.9. The first-order valence-corrected chi connectivity index (χ1v) is 5.18. The van der Waals surface area contributed by atoms with Crippen LogP contribution in [0.1, 0.15) is 21.8 Å². The van der Waals surface area contributed by atoms with Crippen molar-refractivity contribution in [2.24, 2.45) is 0 Å². The molecule has 0 spiro atoms. The predicted octanol–water partition coefficient (Wildman–Crippen LogP) is 2.28. The van der Waals surface area contributed by atoms with Crippen molar-refractivity contribution in [3.8, 4) is 5.19 Å². The van der Waals surface area contributed by atoms with Crippen molar-refractivity contribution in [2.75, 3.05) is 7.11 Å². The van der Waals surface area contributed by atoms with Crippen molar-refractivity contribution in [3.63, 3.8) is 0 Å². The van der Waals surface area contributed by atoms with E-state index < -0.39 is 0 Å². The van der Waals surface area contributed by atoms with Gasteiger partial charge in [0.1, 0.15) is 5.69 Å². The van der Waals surface area contributed by atoms with E-state index in [9.17, 15) is 4.79 Å². The molecule has 0 atom stereocenters. The fraction of sp³-hybridized carbons (Fsp3) is 0.200. The Morgan fingerprint density at radius 1 is 1.60 bits per heavy atom. The molecule has 0 saturated heterocycles. The Hall–Kier alpha value is -1.62. The first kappa shape index (κ1) is 9.92. The van der Waals surface area contributed by atoms with Crippen LogP contribution in [-0.4, -0.2) is 17.9 Å². The number of furan rings is 1. The number of carbonyl (C=O) groups excluding carboxylic acids is 1. The molecule has 2 heterocycles. The van der Waals surface area contributed by atoms with Gasteiger partial charge < -0.3 is 9.15 Å². The van der Waals surface area contributed by atoms with Gasteiger partial charge in [0.2, 0.25) is 5.78 Å². The zero-order valence-corrected chi connectivity index (χ0v) is 9.13. The van der Waals surface area contributed by atoms with Gasteiger partial charge in [0, 0.05) is 5.38 Å². The molecule has 0 saturated carbocycles. The van der Waals surface area contributed by atoms with Crippen LogP contribution in [0.3, 0.4) is 0 Å². The molecule has 2 aromatic heterocycles.